The molecular weight excluding hydrogens is 308 g/mol. The van der Waals surface area contributed by atoms with Crippen LogP contribution in [0.25, 0.3) is 0 Å². The lowest BCUT2D eigenvalue weighted by atomic mass is 10.0. The summed E-state index contributed by atoms with van der Waals surface area (Å²) < 4.78 is 9.97. The summed E-state index contributed by atoms with van der Waals surface area (Å²) in [5.74, 6) is -0.890. The van der Waals surface area contributed by atoms with E-state index in [0.29, 0.717) is 19.3 Å². The van der Waals surface area contributed by atoms with Gasteiger partial charge in [0.25, 0.3) is 0 Å². The number of esters is 2. The molecule has 0 fully saturated rings. The number of aryl methyl sites for hydroxylation is 2. The van der Waals surface area contributed by atoms with E-state index in [-0.39, 0.29) is 13.2 Å². The van der Waals surface area contributed by atoms with E-state index in [0.717, 1.165) is 30.9 Å². The second kappa shape index (κ2) is 9.25. The number of ether oxygens (including phenoxy) is 2. The third kappa shape index (κ3) is 4.94. The molecule has 24 heavy (non-hydrogen) atoms. The summed E-state index contributed by atoms with van der Waals surface area (Å²) in [6.07, 6.45) is 3.99. The highest BCUT2D eigenvalue weighted by molar-refractivity contribution is 5.94. The minimum Gasteiger partial charge on any atom is -0.465 e. The van der Waals surface area contributed by atoms with Crippen LogP contribution in [0.3, 0.4) is 0 Å². The highest BCUT2D eigenvalue weighted by atomic mass is 16.6. The quantitative estimate of drug-likeness (QED) is 0.581. The Hall–Kier alpha value is -2.11. The Kier molecular flexibility index (Phi) is 7.03. The Labute approximate surface area is 142 Å². The van der Waals surface area contributed by atoms with Gasteiger partial charge in [0, 0.05) is 12.2 Å². The van der Waals surface area contributed by atoms with Crippen molar-refractivity contribution in [1.82, 2.24) is 4.98 Å². The molecule has 0 amide bonds. The van der Waals surface area contributed by atoms with Crippen LogP contribution >= 0.6 is 0 Å². The van der Waals surface area contributed by atoms with E-state index in [4.69, 9.17) is 9.47 Å². The SMILES string of the molecule is CCOC(=O)C(CCCc1ccc2c(n1)NCCC2)C(=O)OCC. The lowest BCUT2D eigenvalue weighted by Crippen LogP contribution is -2.28. The molecule has 6 heteroatoms. The predicted molar refractivity (Wildman–Crippen MR) is 90.7 cm³/mol. The second-order valence-electron chi connectivity index (χ2n) is 5.79. The topological polar surface area (TPSA) is 77.5 Å². The first-order valence-corrected chi connectivity index (χ1v) is 8.71. The zero-order valence-corrected chi connectivity index (χ0v) is 14.5. The standard InChI is InChI=1S/C18H26N2O4/c1-3-23-17(21)15(18(22)24-4-2)9-5-8-14-11-10-13-7-6-12-19-16(13)20-14/h10-11,15H,3-9,12H2,1-2H3,(H,19,20). The number of anilines is 1. The van der Waals surface area contributed by atoms with Crippen molar-refractivity contribution in [2.24, 2.45) is 5.92 Å². The molecule has 0 aliphatic carbocycles. The molecule has 0 atom stereocenters. The van der Waals surface area contributed by atoms with Gasteiger partial charge >= 0.3 is 11.9 Å². The van der Waals surface area contributed by atoms with Crippen molar-refractivity contribution < 1.29 is 19.1 Å². The van der Waals surface area contributed by atoms with Crippen LogP contribution in [0.2, 0.25) is 0 Å². The van der Waals surface area contributed by atoms with Crippen molar-refractivity contribution in [2.75, 3.05) is 25.1 Å². The molecule has 0 saturated heterocycles. The molecule has 6 nitrogen and oxygen atoms in total. The lowest BCUT2D eigenvalue weighted by Gasteiger charge is -2.18. The summed E-state index contributed by atoms with van der Waals surface area (Å²) in [5, 5.41) is 3.31. The van der Waals surface area contributed by atoms with Crippen LogP contribution in [0.5, 0.6) is 0 Å². The molecule has 0 spiro atoms. The van der Waals surface area contributed by atoms with Crippen LogP contribution in [0.15, 0.2) is 12.1 Å². The Morgan fingerprint density at radius 3 is 2.58 bits per heavy atom. The third-order valence-electron chi connectivity index (χ3n) is 4.02. The van der Waals surface area contributed by atoms with Crippen LogP contribution in [0, 0.1) is 5.92 Å². The molecule has 132 valence electrons. The lowest BCUT2D eigenvalue weighted by molar-refractivity contribution is -0.161. The van der Waals surface area contributed by atoms with Crippen LogP contribution in [-0.2, 0) is 31.9 Å². The van der Waals surface area contributed by atoms with Gasteiger partial charge in [-0.05, 0) is 57.6 Å². The van der Waals surface area contributed by atoms with E-state index in [9.17, 15) is 9.59 Å². The van der Waals surface area contributed by atoms with Gasteiger partial charge in [-0.25, -0.2) is 4.98 Å². The van der Waals surface area contributed by atoms with Gasteiger partial charge in [-0.3, -0.25) is 9.59 Å². The number of hydrogen-bond donors (Lipinski definition) is 1. The maximum absolute atomic E-state index is 11.9. The van der Waals surface area contributed by atoms with Crippen LogP contribution < -0.4 is 5.32 Å². The van der Waals surface area contributed by atoms with Crippen molar-refractivity contribution >= 4 is 17.8 Å². The van der Waals surface area contributed by atoms with E-state index >= 15 is 0 Å². The van der Waals surface area contributed by atoms with Crippen LogP contribution in [0.1, 0.15) is 44.4 Å². The predicted octanol–water partition coefficient (Wildman–Crippen LogP) is 2.50. The van der Waals surface area contributed by atoms with Gasteiger partial charge in [0.15, 0.2) is 5.92 Å². The zero-order chi connectivity index (χ0) is 17.4. The number of carbonyl (C=O) groups excluding carboxylic acids is 2. The van der Waals surface area contributed by atoms with Gasteiger partial charge in [0.1, 0.15) is 5.82 Å². The van der Waals surface area contributed by atoms with Gasteiger partial charge in [-0.2, -0.15) is 0 Å². The molecule has 2 heterocycles. The molecule has 0 saturated carbocycles. The molecule has 1 aromatic heterocycles. The highest BCUT2D eigenvalue weighted by Crippen LogP contribution is 2.21. The molecule has 1 aliphatic heterocycles. The first-order chi connectivity index (χ1) is 11.7. The summed E-state index contributed by atoms with van der Waals surface area (Å²) in [5.41, 5.74) is 2.22. The third-order valence-corrected chi connectivity index (χ3v) is 4.02. The molecule has 0 bridgehead atoms. The van der Waals surface area contributed by atoms with Gasteiger partial charge in [-0.1, -0.05) is 6.07 Å². The molecule has 0 aromatic carbocycles. The van der Waals surface area contributed by atoms with Gasteiger partial charge in [0.2, 0.25) is 0 Å². The first kappa shape index (κ1) is 18.2. The molecule has 1 aliphatic rings. The highest BCUT2D eigenvalue weighted by Gasteiger charge is 2.28. The summed E-state index contributed by atoms with van der Waals surface area (Å²) in [4.78, 5) is 28.5. The minimum absolute atomic E-state index is 0.257. The van der Waals surface area contributed by atoms with Crippen molar-refractivity contribution in [3.8, 4) is 0 Å². The van der Waals surface area contributed by atoms with E-state index in [1.54, 1.807) is 13.8 Å². The van der Waals surface area contributed by atoms with Crippen LogP contribution in [0.4, 0.5) is 5.82 Å². The van der Waals surface area contributed by atoms with Gasteiger partial charge < -0.3 is 14.8 Å². The molecular formula is C18H26N2O4. The monoisotopic (exact) mass is 334 g/mol. The normalized spacial score (nSPS) is 13.1. The Bertz CT molecular complexity index is 556. The van der Waals surface area contributed by atoms with E-state index < -0.39 is 17.9 Å². The number of nitrogens with zero attached hydrogens (tertiary/aromatic N) is 1. The minimum atomic E-state index is -0.847. The molecule has 1 N–H and O–H groups in total. The number of pyridine rings is 1. The maximum Gasteiger partial charge on any atom is 0.320 e. The van der Waals surface area contributed by atoms with Crippen molar-refractivity contribution in [1.29, 1.82) is 0 Å². The largest absolute Gasteiger partial charge is 0.465 e. The van der Waals surface area contributed by atoms with Crippen molar-refractivity contribution in [3.63, 3.8) is 0 Å². The number of hydrogen-bond acceptors (Lipinski definition) is 6. The fourth-order valence-corrected chi connectivity index (χ4v) is 2.81. The molecule has 0 radical (unpaired) electrons. The van der Waals surface area contributed by atoms with Gasteiger partial charge in [-0.15, -0.1) is 0 Å². The zero-order valence-electron chi connectivity index (χ0n) is 14.5. The number of nitrogens with one attached hydrogen (secondary N) is 1. The van der Waals surface area contributed by atoms with E-state index in [1.807, 2.05) is 6.07 Å². The van der Waals surface area contributed by atoms with E-state index in [2.05, 4.69) is 16.4 Å². The maximum atomic E-state index is 11.9. The average Bonchev–Trinajstić information content (AvgIpc) is 2.59. The Morgan fingerprint density at radius 1 is 1.21 bits per heavy atom. The van der Waals surface area contributed by atoms with Gasteiger partial charge in [0.05, 0.1) is 13.2 Å². The molecule has 2 rings (SSSR count). The summed E-state index contributed by atoms with van der Waals surface area (Å²) in [6.45, 7) is 4.92. The van der Waals surface area contributed by atoms with Crippen molar-refractivity contribution in [3.05, 3.63) is 23.4 Å². The number of rotatable bonds is 8. The summed E-state index contributed by atoms with van der Waals surface area (Å²) in [7, 11) is 0. The van der Waals surface area contributed by atoms with E-state index in [1.165, 1.54) is 5.56 Å². The fraction of sp³-hybridized carbons (Fsp3) is 0.611. The Morgan fingerprint density at radius 2 is 1.92 bits per heavy atom. The summed E-state index contributed by atoms with van der Waals surface area (Å²) in [6, 6.07) is 4.13. The Balaban J connectivity index is 1.91. The number of carbonyl (C=O) groups is 2. The summed E-state index contributed by atoms with van der Waals surface area (Å²) >= 11 is 0. The number of aromatic nitrogens is 1. The molecule has 0 unspecified atom stereocenters. The second-order valence-corrected chi connectivity index (χ2v) is 5.79. The number of fused-ring (bicyclic) bond motifs is 1. The average molecular weight is 334 g/mol. The first-order valence-electron chi connectivity index (χ1n) is 8.71. The van der Waals surface area contributed by atoms with Crippen LogP contribution in [-0.4, -0.2) is 36.7 Å². The van der Waals surface area contributed by atoms with Crippen molar-refractivity contribution in [2.45, 2.75) is 46.0 Å². The molecule has 1 aromatic rings. The smallest absolute Gasteiger partial charge is 0.320 e. The fourth-order valence-electron chi connectivity index (χ4n) is 2.81.